The highest BCUT2D eigenvalue weighted by molar-refractivity contribution is 6.05. The highest BCUT2D eigenvalue weighted by Crippen LogP contribution is 2.22. The topological polar surface area (TPSA) is 58.2 Å². The van der Waals surface area contributed by atoms with E-state index in [4.69, 9.17) is 0 Å². The van der Waals surface area contributed by atoms with Crippen LogP contribution in [0.5, 0.6) is 0 Å². The van der Waals surface area contributed by atoms with Gasteiger partial charge in [0.05, 0.1) is 5.69 Å². The first-order valence-electron chi connectivity index (χ1n) is 8.53. The molecule has 0 aliphatic rings. The second-order valence-corrected chi connectivity index (χ2v) is 6.15. The minimum Gasteiger partial charge on any atom is -0.326 e. The monoisotopic (exact) mass is 362 g/mol. The fraction of sp³-hybridized carbons (Fsp3) is 0.0909. The SMILES string of the molecule is CC(=O)Nc1ccc(F)c(NC(=O)c2ccccc2Cc2ccccc2)c1. The minimum atomic E-state index is -0.571. The molecule has 0 atom stereocenters. The van der Waals surface area contributed by atoms with Crippen LogP contribution >= 0.6 is 0 Å². The zero-order valence-corrected chi connectivity index (χ0v) is 14.8. The molecule has 0 heterocycles. The van der Waals surface area contributed by atoms with Crippen molar-refractivity contribution in [1.82, 2.24) is 0 Å². The fourth-order valence-corrected chi connectivity index (χ4v) is 2.80. The zero-order chi connectivity index (χ0) is 19.2. The molecule has 0 fully saturated rings. The first-order chi connectivity index (χ1) is 13.0. The Labute approximate surface area is 157 Å². The summed E-state index contributed by atoms with van der Waals surface area (Å²) in [5.41, 5.74) is 2.83. The average molecular weight is 362 g/mol. The van der Waals surface area contributed by atoms with Crippen molar-refractivity contribution < 1.29 is 14.0 Å². The Hall–Kier alpha value is -3.47. The van der Waals surface area contributed by atoms with E-state index in [0.717, 1.165) is 11.1 Å². The van der Waals surface area contributed by atoms with E-state index < -0.39 is 11.7 Å². The molecule has 3 rings (SSSR count). The Morgan fingerprint density at radius 3 is 2.33 bits per heavy atom. The average Bonchev–Trinajstić information content (AvgIpc) is 2.65. The predicted molar refractivity (Wildman–Crippen MR) is 104 cm³/mol. The summed E-state index contributed by atoms with van der Waals surface area (Å²) in [6, 6.07) is 21.1. The molecule has 0 saturated carbocycles. The molecule has 0 spiro atoms. The maximum atomic E-state index is 14.1. The van der Waals surface area contributed by atoms with Crippen LogP contribution in [0, 0.1) is 5.82 Å². The molecular formula is C22H19FN2O2. The van der Waals surface area contributed by atoms with Gasteiger partial charge in [0.2, 0.25) is 5.91 Å². The van der Waals surface area contributed by atoms with Crippen molar-refractivity contribution in [1.29, 1.82) is 0 Å². The third-order valence-electron chi connectivity index (χ3n) is 4.03. The maximum Gasteiger partial charge on any atom is 0.256 e. The summed E-state index contributed by atoms with van der Waals surface area (Å²) in [5, 5.41) is 5.17. The number of carbonyl (C=O) groups excluding carboxylic acids is 2. The number of amides is 2. The lowest BCUT2D eigenvalue weighted by atomic mass is 9.99. The largest absolute Gasteiger partial charge is 0.326 e. The molecule has 2 N–H and O–H groups in total. The van der Waals surface area contributed by atoms with Crippen molar-refractivity contribution in [3.63, 3.8) is 0 Å². The molecular weight excluding hydrogens is 343 g/mol. The summed E-state index contributed by atoms with van der Waals surface area (Å²) in [5.74, 6) is -1.24. The Morgan fingerprint density at radius 1 is 0.889 bits per heavy atom. The molecule has 0 unspecified atom stereocenters. The Balaban J connectivity index is 1.84. The van der Waals surface area contributed by atoms with Gasteiger partial charge in [0.25, 0.3) is 5.91 Å². The van der Waals surface area contributed by atoms with E-state index in [-0.39, 0.29) is 11.6 Å². The smallest absolute Gasteiger partial charge is 0.256 e. The van der Waals surface area contributed by atoms with Crippen molar-refractivity contribution >= 4 is 23.2 Å². The predicted octanol–water partition coefficient (Wildman–Crippen LogP) is 4.63. The molecule has 0 bridgehead atoms. The normalized spacial score (nSPS) is 10.3. The molecule has 3 aromatic rings. The summed E-state index contributed by atoms with van der Waals surface area (Å²) < 4.78 is 14.1. The van der Waals surface area contributed by atoms with Crippen molar-refractivity contribution in [3.05, 3.63) is 95.3 Å². The van der Waals surface area contributed by atoms with Crippen molar-refractivity contribution in [2.24, 2.45) is 0 Å². The maximum absolute atomic E-state index is 14.1. The Bertz CT molecular complexity index is 971. The Kier molecular flexibility index (Phi) is 5.61. The molecule has 2 amide bonds. The molecule has 0 aliphatic heterocycles. The highest BCUT2D eigenvalue weighted by Gasteiger charge is 2.14. The molecule has 136 valence electrons. The van der Waals surface area contributed by atoms with Gasteiger partial charge >= 0.3 is 0 Å². The third kappa shape index (κ3) is 4.79. The van der Waals surface area contributed by atoms with Gasteiger partial charge in [-0.1, -0.05) is 48.5 Å². The molecule has 5 heteroatoms. The van der Waals surface area contributed by atoms with Crippen LogP contribution in [0.25, 0.3) is 0 Å². The van der Waals surface area contributed by atoms with E-state index in [0.29, 0.717) is 17.7 Å². The summed E-state index contributed by atoms with van der Waals surface area (Å²) in [7, 11) is 0. The van der Waals surface area contributed by atoms with Gasteiger partial charge in [-0.05, 0) is 41.8 Å². The number of hydrogen-bond donors (Lipinski definition) is 2. The van der Waals surface area contributed by atoms with Crippen LogP contribution in [0.2, 0.25) is 0 Å². The van der Waals surface area contributed by atoms with Crippen LogP contribution in [-0.4, -0.2) is 11.8 Å². The second kappa shape index (κ2) is 8.27. The van der Waals surface area contributed by atoms with E-state index in [9.17, 15) is 14.0 Å². The van der Waals surface area contributed by atoms with Crippen molar-refractivity contribution in [2.45, 2.75) is 13.3 Å². The van der Waals surface area contributed by atoms with Crippen molar-refractivity contribution in [2.75, 3.05) is 10.6 Å². The van der Waals surface area contributed by atoms with Crippen LogP contribution in [0.1, 0.15) is 28.4 Å². The first-order valence-corrected chi connectivity index (χ1v) is 8.53. The summed E-state index contributed by atoms with van der Waals surface area (Å²) >= 11 is 0. The molecule has 0 aromatic heterocycles. The molecule has 3 aromatic carbocycles. The lowest BCUT2D eigenvalue weighted by molar-refractivity contribution is -0.114. The van der Waals surface area contributed by atoms with Crippen LogP contribution < -0.4 is 10.6 Å². The van der Waals surface area contributed by atoms with Crippen molar-refractivity contribution in [3.8, 4) is 0 Å². The number of anilines is 2. The van der Waals surface area contributed by atoms with Crippen LogP contribution in [-0.2, 0) is 11.2 Å². The summed E-state index contributed by atoms with van der Waals surface area (Å²) in [6.45, 7) is 1.36. The van der Waals surface area contributed by atoms with Gasteiger partial charge in [0.15, 0.2) is 0 Å². The van der Waals surface area contributed by atoms with E-state index in [1.807, 2.05) is 42.5 Å². The quantitative estimate of drug-likeness (QED) is 0.695. The van der Waals surface area contributed by atoms with Crippen LogP contribution in [0.3, 0.4) is 0 Å². The van der Waals surface area contributed by atoms with Gasteiger partial charge in [-0.15, -0.1) is 0 Å². The van der Waals surface area contributed by atoms with E-state index in [2.05, 4.69) is 10.6 Å². The molecule has 4 nitrogen and oxygen atoms in total. The van der Waals surface area contributed by atoms with Gasteiger partial charge in [-0.2, -0.15) is 0 Å². The fourth-order valence-electron chi connectivity index (χ4n) is 2.80. The first kappa shape index (κ1) is 18.3. The Morgan fingerprint density at radius 2 is 1.59 bits per heavy atom. The lowest BCUT2D eigenvalue weighted by Gasteiger charge is -2.12. The highest BCUT2D eigenvalue weighted by atomic mass is 19.1. The number of hydrogen-bond acceptors (Lipinski definition) is 2. The third-order valence-corrected chi connectivity index (χ3v) is 4.03. The van der Waals surface area contributed by atoms with Gasteiger partial charge in [0.1, 0.15) is 5.82 Å². The van der Waals surface area contributed by atoms with Crippen LogP contribution in [0.4, 0.5) is 15.8 Å². The van der Waals surface area contributed by atoms with E-state index in [1.165, 1.54) is 25.1 Å². The zero-order valence-electron chi connectivity index (χ0n) is 14.8. The van der Waals surface area contributed by atoms with E-state index >= 15 is 0 Å². The standard InChI is InChI=1S/C22H19FN2O2/c1-15(26)24-18-11-12-20(23)21(14-18)25-22(27)19-10-6-5-9-17(19)13-16-7-3-2-4-8-16/h2-12,14H,13H2,1H3,(H,24,26)(H,25,27). The van der Waals surface area contributed by atoms with Gasteiger partial charge < -0.3 is 10.6 Å². The summed E-state index contributed by atoms with van der Waals surface area (Å²) in [6.07, 6.45) is 0.596. The number of carbonyl (C=O) groups is 2. The second-order valence-electron chi connectivity index (χ2n) is 6.15. The van der Waals surface area contributed by atoms with Gasteiger partial charge in [-0.3, -0.25) is 9.59 Å². The van der Waals surface area contributed by atoms with Gasteiger partial charge in [0, 0.05) is 18.2 Å². The van der Waals surface area contributed by atoms with Crippen LogP contribution in [0.15, 0.2) is 72.8 Å². The number of halogens is 1. The summed E-state index contributed by atoms with van der Waals surface area (Å²) in [4.78, 5) is 23.9. The molecule has 0 radical (unpaired) electrons. The van der Waals surface area contributed by atoms with Gasteiger partial charge in [-0.25, -0.2) is 4.39 Å². The molecule has 0 saturated heterocycles. The van der Waals surface area contributed by atoms with E-state index in [1.54, 1.807) is 12.1 Å². The lowest BCUT2D eigenvalue weighted by Crippen LogP contribution is -2.16. The number of benzene rings is 3. The number of nitrogens with one attached hydrogen (secondary N) is 2. The molecule has 27 heavy (non-hydrogen) atoms. The number of rotatable bonds is 5. The molecule has 0 aliphatic carbocycles. The minimum absolute atomic E-state index is 0.0146.